The van der Waals surface area contributed by atoms with Gasteiger partial charge in [-0.1, -0.05) is 12.1 Å². The van der Waals surface area contributed by atoms with Crippen LogP contribution in [0, 0.1) is 11.6 Å². The monoisotopic (exact) mass is 313 g/mol. The molecule has 0 spiro atoms. The smallest absolute Gasteiger partial charge is 0.123 e. The lowest BCUT2D eigenvalue weighted by Gasteiger charge is -2.08. The summed E-state index contributed by atoms with van der Waals surface area (Å²) in [5, 5.41) is 0. The molecule has 4 heteroatoms. The Hall–Kier alpha value is -2.20. The molecule has 0 radical (unpaired) electrons. The normalized spacial score (nSPS) is 10.7. The van der Waals surface area contributed by atoms with E-state index in [1.165, 1.54) is 24.3 Å². The van der Waals surface area contributed by atoms with Crippen LogP contribution in [0.2, 0.25) is 0 Å². The molecule has 0 N–H and O–H groups in total. The Bertz CT molecular complexity index is 800. The Morgan fingerprint density at radius 1 is 0.773 bits per heavy atom. The molecule has 0 saturated carbocycles. The first-order valence-electron chi connectivity index (χ1n) is 6.73. The molecule has 0 amide bonds. The van der Waals surface area contributed by atoms with E-state index >= 15 is 0 Å². The van der Waals surface area contributed by atoms with Crippen LogP contribution in [0.15, 0.2) is 65.6 Å². The highest BCUT2D eigenvalue weighted by atomic mass is 32.2. The highest BCUT2D eigenvalue weighted by Crippen LogP contribution is 2.29. The van der Waals surface area contributed by atoms with Crippen LogP contribution in [-0.2, 0) is 0 Å². The maximum Gasteiger partial charge on any atom is 0.123 e. The highest BCUT2D eigenvalue weighted by molar-refractivity contribution is 7.98. The van der Waals surface area contributed by atoms with Gasteiger partial charge in [-0.2, -0.15) is 0 Å². The predicted octanol–water partition coefficient (Wildman–Crippen LogP) is 5.42. The van der Waals surface area contributed by atoms with Crippen molar-refractivity contribution in [3.63, 3.8) is 0 Å². The van der Waals surface area contributed by atoms with Gasteiger partial charge in [-0.15, -0.1) is 11.8 Å². The van der Waals surface area contributed by atoms with Gasteiger partial charge in [-0.3, -0.25) is 0 Å². The molecule has 1 aromatic heterocycles. The fraction of sp³-hybridized carbons (Fsp3) is 0.0556. The third-order valence-electron chi connectivity index (χ3n) is 3.29. The summed E-state index contributed by atoms with van der Waals surface area (Å²) in [5.74, 6) is -0.577. The molecule has 0 atom stereocenters. The molecule has 3 aromatic rings. The molecule has 0 unspecified atom stereocenters. The first kappa shape index (κ1) is 14.7. The summed E-state index contributed by atoms with van der Waals surface area (Å²) in [6.45, 7) is 0. The molecule has 1 heterocycles. The summed E-state index contributed by atoms with van der Waals surface area (Å²) in [7, 11) is 0. The topological polar surface area (TPSA) is 12.9 Å². The van der Waals surface area contributed by atoms with Crippen molar-refractivity contribution in [1.29, 1.82) is 0 Å². The predicted molar refractivity (Wildman–Crippen MR) is 86.8 cm³/mol. The lowest BCUT2D eigenvalue weighted by Crippen LogP contribution is -1.90. The van der Waals surface area contributed by atoms with E-state index in [0.29, 0.717) is 5.69 Å². The zero-order valence-electron chi connectivity index (χ0n) is 11.9. The summed E-state index contributed by atoms with van der Waals surface area (Å²) >= 11 is 1.59. The first-order valence-corrected chi connectivity index (χ1v) is 7.96. The summed E-state index contributed by atoms with van der Waals surface area (Å²) in [4.78, 5) is 5.61. The molecular weight excluding hydrogens is 300 g/mol. The number of pyridine rings is 1. The number of nitrogens with zero attached hydrogens (tertiary/aromatic N) is 1. The molecular formula is C18H13F2NS. The second-order valence-corrected chi connectivity index (χ2v) is 5.67. The first-order chi connectivity index (χ1) is 10.7. The van der Waals surface area contributed by atoms with Gasteiger partial charge >= 0.3 is 0 Å². The molecule has 0 bridgehead atoms. The van der Waals surface area contributed by atoms with Gasteiger partial charge in [-0.25, -0.2) is 13.8 Å². The van der Waals surface area contributed by atoms with Crippen LogP contribution >= 0.6 is 11.8 Å². The average molecular weight is 313 g/mol. The van der Waals surface area contributed by atoms with Crippen LogP contribution in [0.4, 0.5) is 8.78 Å². The standard InChI is InChI=1S/C18H13F2NS/c1-22-16-10-17(12-5-7-14(19)8-6-12)21-18(11-16)13-3-2-4-15(20)9-13/h2-11H,1H3. The van der Waals surface area contributed by atoms with Gasteiger partial charge in [0.25, 0.3) is 0 Å². The van der Waals surface area contributed by atoms with Crippen LogP contribution in [0.25, 0.3) is 22.5 Å². The summed E-state index contributed by atoms with van der Waals surface area (Å²) in [6, 6.07) is 16.4. The molecule has 0 aliphatic rings. The summed E-state index contributed by atoms with van der Waals surface area (Å²) in [5.41, 5.74) is 2.99. The van der Waals surface area contributed by atoms with Gasteiger partial charge in [0.05, 0.1) is 11.4 Å². The lowest BCUT2D eigenvalue weighted by atomic mass is 10.1. The zero-order valence-corrected chi connectivity index (χ0v) is 12.7. The minimum atomic E-state index is -0.294. The average Bonchev–Trinajstić information content (AvgIpc) is 2.55. The van der Waals surface area contributed by atoms with Crippen molar-refractivity contribution >= 4 is 11.8 Å². The minimum Gasteiger partial charge on any atom is -0.248 e. The molecule has 22 heavy (non-hydrogen) atoms. The van der Waals surface area contributed by atoms with E-state index in [1.807, 2.05) is 24.5 Å². The molecule has 110 valence electrons. The summed E-state index contributed by atoms with van der Waals surface area (Å²) in [6.07, 6.45) is 1.97. The Morgan fingerprint density at radius 2 is 1.45 bits per heavy atom. The number of benzene rings is 2. The van der Waals surface area contributed by atoms with E-state index in [4.69, 9.17) is 0 Å². The molecule has 0 fully saturated rings. The number of rotatable bonds is 3. The van der Waals surface area contributed by atoms with Crippen LogP contribution in [0.3, 0.4) is 0 Å². The van der Waals surface area contributed by atoms with Crippen LogP contribution in [0.5, 0.6) is 0 Å². The fourth-order valence-corrected chi connectivity index (χ4v) is 2.65. The number of hydrogen-bond donors (Lipinski definition) is 0. The quantitative estimate of drug-likeness (QED) is 0.599. The van der Waals surface area contributed by atoms with Crippen LogP contribution < -0.4 is 0 Å². The van der Waals surface area contributed by atoms with E-state index in [9.17, 15) is 8.78 Å². The molecule has 0 aliphatic carbocycles. The second kappa shape index (κ2) is 6.28. The van der Waals surface area contributed by atoms with Crippen molar-refractivity contribution in [2.45, 2.75) is 4.90 Å². The van der Waals surface area contributed by atoms with Gasteiger partial charge in [0.2, 0.25) is 0 Å². The molecule has 2 aromatic carbocycles. The Labute approximate surface area is 132 Å². The van der Waals surface area contributed by atoms with Gasteiger partial charge in [0.1, 0.15) is 11.6 Å². The van der Waals surface area contributed by atoms with Crippen molar-refractivity contribution < 1.29 is 8.78 Å². The number of aromatic nitrogens is 1. The minimum absolute atomic E-state index is 0.282. The van der Waals surface area contributed by atoms with E-state index in [1.54, 1.807) is 30.0 Å². The zero-order chi connectivity index (χ0) is 15.5. The fourth-order valence-electron chi connectivity index (χ4n) is 2.19. The van der Waals surface area contributed by atoms with Crippen molar-refractivity contribution in [3.05, 3.63) is 72.3 Å². The van der Waals surface area contributed by atoms with Gasteiger partial charge in [0.15, 0.2) is 0 Å². The third kappa shape index (κ3) is 3.17. The van der Waals surface area contributed by atoms with Crippen molar-refractivity contribution in [1.82, 2.24) is 4.98 Å². The Balaban J connectivity index is 2.12. The number of hydrogen-bond acceptors (Lipinski definition) is 2. The van der Waals surface area contributed by atoms with E-state index in [2.05, 4.69) is 4.98 Å². The maximum absolute atomic E-state index is 13.4. The number of thioether (sulfide) groups is 1. The van der Waals surface area contributed by atoms with Gasteiger partial charge in [0, 0.05) is 16.0 Å². The van der Waals surface area contributed by atoms with E-state index in [0.717, 1.165) is 21.7 Å². The van der Waals surface area contributed by atoms with E-state index < -0.39 is 0 Å². The Kier molecular flexibility index (Phi) is 4.20. The lowest BCUT2D eigenvalue weighted by molar-refractivity contribution is 0.627. The van der Waals surface area contributed by atoms with Crippen molar-refractivity contribution in [2.75, 3.05) is 6.26 Å². The summed E-state index contributed by atoms with van der Waals surface area (Å²) < 4.78 is 26.5. The second-order valence-electron chi connectivity index (χ2n) is 4.79. The van der Waals surface area contributed by atoms with Crippen molar-refractivity contribution in [3.8, 4) is 22.5 Å². The molecule has 0 saturated heterocycles. The third-order valence-corrected chi connectivity index (χ3v) is 4.00. The van der Waals surface area contributed by atoms with Crippen molar-refractivity contribution in [2.24, 2.45) is 0 Å². The maximum atomic E-state index is 13.4. The highest BCUT2D eigenvalue weighted by Gasteiger charge is 2.08. The number of halogens is 2. The molecule has 0 aliphatic heterocycles. The Morgan fingerprint density at radius 3 is 2.09 bits per heavy atom. The molecule has 1 nitrogen and oxygen atoms in total. The largest absolute Gasteiger partial charge is 0.248 e. The molecule has 3 rings (SSSR count). The SMILES string of the molecule is CSc1cc(-c2ccc(F)cc2)nc(-c2cccc(F)c2)c1. The van der Waals surface area contributed by atoms with Gasteiger partial charge < -0.3 is 0 Å². The van der Waals surface area contributed by atoms with Gasteiger partial charge in [-0.05, 0) is 54.8 Å². The van der Waals surface area contributed by atoms with E-state index in [-0.39, 0.29) is 11.6 Å². The van der Waals surface area contributed by atoms with Crippen LogP contribution in [-0.4, -0.2) is 11.2 Å². The van der Waals surface area contributed by atoms with Crippen LogP contribution in [0.1, 0.15) is 0 Å².